The monoisotopic (exact) mass is 566 g/mol. The normalized spacial score (nSPS) is 19.8. The molecular formula is C24H35IN6O2. The quantitative estimate of drug-likeness (QED) is 0.312. The fourth-order valence-electron chi connectivity index (χ4n) is 4.72. The second-order valence-corrected chi connectivity index (χ2v) is 9.96. The summed E-state index contributed by atoms with van der Waals surface area (Å²) in [6.07, 6.45) is 9.85. The summed E-state index contributed by atoms with van der Waals surface area (Å²) in [5.41, 5.74) is 0. The maximum Gasteiger partial charge on any atom is 0.328 e. The second-order valence-electron chi connectivity index (χ2n) is 8.80. The molecule has 2 N–H and O–H groups in total. The van der Waals surface area contributed by atoms with Crippen molar-refractivity contribution < 1.29 is 9.47 Å². The van der Waals surface area contributed by atoms with Gasteiger partial charge in [0.05, 0.1) is 10.7 Å². The topological polar surface area (TPSA) is 84.4 Å². The SMILES string of the molecule is CCN1CCCC1CNc1nc(NC2CCCCCC2)nc(Oc2ccc(OC)c(I)c2)n1. The molecule has 1 saturated carbocycles. The van der Waals surface area contributed by atoms with E-state index in [1.165, 1.54) is 45.1 Å². The second kappa shape index (κ2) is 12.0. The molecule has 9 heteroatoms. The summed E-state index contributed by atoms with van der Waals surface area (Å²) in [5, 5.41) is 7.00. The van der Waals surface area contributed by atoms with E-state index in [2.05, 4.69) is 55.0 Å². The molecule has 0 amide bonds. The number of hydrogen-bond acceptors (Lipinski definition) is 8. The van der Waals surface area contributed by atoms with Crippen molar-refractivity contribution >= 4 is 34.5 Å². The molecule has 1 aromatic carbocycles. The van der Waals surface area contributed by atoms with Gasteiger partial charge in [0, 0.05) is 18.6 Å². The number of rotatable bonds is 9. The predicted molar refractivity (Wildman–Crippen MR) is 139 cm³/mol. The molecule has 1 saturated heterocycles. The first-order chi connectivity index (χ1) is 16.1. The van der Waals surface area contributed by atoms with Crippen molar-refractivity contribution in [2.75, 3.05) is 37.4 Å². The smallest absolute Gasteiger partial charge is 0.328 e. The van der Waals surface area contributed by atoms with E-state index in [1.807, 2.05) is 18.2 Å². The lowest BCUT2D eigenvalue weighted by atomic mass is 10.1. The molecule has 0 spiro atoms. The van der Waals surface area contributed by atoms with Crippen LogP contribution in [-0.2, 0) is 0 Å². The lowest BCUT2D eigenvalue weighted by molar-refractivity contribution is 0.276. The molecule has 33 heavy (non-hydrogen) atoms. The van der Waals surface area contributed by atoms with Crippen LogP contribution in [0.5, 0.6) is 17.5 Å². The van der Waals surface area contributed by atoms with Gasteiger partial charge in [-0.15, -0.1) is 0 Å². The van der Waals surface area contributed by atoms with E-state index in [0.717, 1.165) is 35.3 Å². The van der Waals surface area contributed by atoms with Gasteiger partial charge in [-0.05, 0) is 79.6 Å². The van der Waals surface area contributed by atoms with Gasteiger partial charge in [0.2, 0.25) is 11.9 Å². The molecule has 2 aromatic rings. The first-order valence-electron chi connectivity index (χ1n) is 12.2. The van der Waals surface area contributed by atoms with Crippen LogP contribution < -0.4 is 20.1 Å². The van der Waals surface area contributed by atoms with E-state index in [-0.39, 0.29) is 0 Å². The van der Waals surface area contributed by atoms with Crippen LogP contribution >= 0.6 is 22.6 Å². The molecule has 1 aromatic heterocycles. The van der Waals surface area contributed by atoms with E-state index in [1.54, 1.807) is 7.11 Å². The summed E-state index contributed by atoms with van der Waals surface area (Å²) in [6, 6.07) is 6.88. The van der Waals surface area contributed by atoms with Crippen molar-refractivity contribution in [3.8, 4) is 17.5 Å². The van der Waals surface area contributed by atoms with Crippen LogP contribution in [0, 0.1) is 3.57 Å². The molecule has 1 aliphatic carbocycles. The summed E-state index contributed by atoms with van der Waals surface area (Å²) >= 11 is 2.24. The number of hydrogen-bond donors (Lipinski definition) is 2. The third-order valence-corrected chi connectivity index (χ3v) is 7.38. The molecule has 0 bridgehead atoms. The molecule has 8 nitrogen and oxygen atoms in total. The minimum absolute atomic E-state index is 0.295. The number of benzene rings is 1. The number of nitrogens with one attached hydrogen (secondary N) is 2. The zero-order valence-electron chi connectivity index (χ0n) is 19.6. The average Bonchev–Trinajstić information content (AvgIpc) is 3.12. The third kappa shape index (κ3) is 6.81. The van der Waals surface area contributed by atoms with Gasteiger partial charge in [0.25, 0.3) is 0 Å². The summed E-state index contributed by atoms with van der Waals surface area (Å²) in [5.74, 6) is 2.62. The van der Waals surface area contributed by atoms with Gasteiger partial charge < -0.3 is 20.1 Å². The Labute approximate surface area is 210 Å². The number of methoxy groups -OCH3 is 1. The highest BCUT2D eigenvalue weighted by Gasteiger charge is 2.23. The van der Waals surface area contributed by atoms with Gasteiger partial charge in [-0.2, -0.15) is 15.0 Å². The molecule has 1 atom stereocenters. The maximum atomic E-state index is 6.05. The number of aromatic nitrogens is 3. The first kappa shape index (κ1) is 24.3. The minimum Gasteiger partial charge on any atom is -0.496 e. The van der Waals surface area contributed by atoms with Crippen LogP contribution in [-0.4, -0.2) is 58.7 Å². The first-order valence-corrected chi connectivity index (χ1v) is 13.2. The number of likely N-dealkylation sites (N-methyl/N-ethyl adjacent to an activating group) is 1. The van der Waals surface area contributed by atoms with Crippen molar-refractivity contribution in [2.24, 2.45) is 0 Å². The van der Waals surface area contributed by atoms with Gasteiger partial charge in [0.1, 0.15) is 11.5 Å². The Kier molecular flexibility index (Phi) is 8.82. The number of anilines is 2. The molecule has 0 radical (unpaired) electrons. The summed E-state index contributed by atoms with van der Waals surface area (Å²) in [4.78, 5) is 16.4. The standard InChI is InChI=1S/C24H35IN6O2/c1-3-31-14-8-11-18(31)16-26-22-28-23(27-17-9-6-4-5-7-10-17)30-24(29-22)33-19-12-13-21(32-2)20(25)15-19/h12-13,15,17-18H,3-11,14,16H2,1-2H3,(H2,26,27,28,29,30). The number of halogens is 1. The minimum atomic E-state index is 0.295. The van der Waals surface area contributed by atoms with Gasteiger partial charge in [-0.25, -0.2) is 0 Å². The van der Waals surface area contributed by atoms with Gasteiger partial charge in [-0.3, -0.25) is 4.90 Å². The van der Waals surface area contributed by atoms with E-state index in [4.69, 9.17) is 14.5 Å². The fraction of sp³-hybridized carbons (Fsp3) is 0.625. The largest absolute Gasteiger partial charge is 0.496 e. The van der Waals surface area contributed by atoms with Crippen molar-refractivity contribution in [3.63, 3.8) is 0 Å². The van der Waals surface area contributed by atoms with Crippen molar-refractivity contribution in [1.29, 1.82) is 0 Å². The molecule has 1 unspecified atom stereocenters. The Morgan fingerprint density at radius 1 is 1.03 bits per heavy atom. The van der Waals surface area contributed by atoms with E-state index in [0.29, 0.717) is 35.7 Å². The Morgan fingerprint density at radius 3 is 2.55 bits per heavy atom. The van der Waals surface area contributed by atoms with Gasteiger partial charge >= 0.3 is 6.01 Å². The number of likely N-dealkylation sites (tertiary alicyclic amines) is 1. The highest BCUT2D eigenvalue weighted by Crippen LogP contribution is 2.28. The molecular weight excluding hydrogens is 531 g/mol. The highest BCUT2D eigenvalue weighted by molar-refractivity contribution is 14.1. The summed E-state index contributed by atoms with van der Waals surface area (Å²) in [6.45, 7) is 5.28. The Hall–Kier alpha value is -1.88. The third-order valence-electron chi connectivity index (χ3n) is 6.54. The summed E-state index contributed by atoms with van der Waals surface area (Å²) in [7, 11) is 1.66. The van der Waals surface area contributed by atoms with E-state index in [9.17, 15) is 0 Å². The van der Waals surface area contributed by atoms with E-state index < -0.39 is 0 Å². The van der Waals surface area contributed by atoms with Crippen LogP contribution in [0.1, 0.15) is 58.3 Å². The summed E-state index contributed by atoms with van der Waals surface area (Å²) < 4.78 is 12.4. The van der Waals surface area contributed by atoms with Crippen molar-refractivity contribution in [1.82, 2.24) is 19.9 Å². The predicted octanol–water partition coefficient (Wildman–Crippen LogP) is 5.31. The molecule has 4 rings (SSSR count). The maximum absolute atomic E-state index is 6.05. The zero-order chi connectivity index (χ0) is 23.0. The Balaban J connectivity index is 1.52. The van der Waals surface area contributed by atoms with Gasteiger partial charge in [0.15, 0.2) is 0 Å². The lowest BCUT2D eigenvalue weighted by Crippen LogP contribution is -2.35. The number of ether oxygens (including phenoxy) is 2. The van der Waals surface area contributed by atoms with Crippen LogP contribution in [0.3, 0.4) is 0 Å². The molecule has 2 fully saturated rings. The van der Waals surface area contributed by atoms with Crippen molar-refractivity contribution in [3.05, 3.63) is 21.8 Å². The van der Waals surface area contributed by atoms with E-state index >= 15 is 0 Å². The highest BCUT2D eigenvalue weighted by atomic mass is 127. The van der Waals surface area contributed by atoms with Crippen LogP contribution in [0.2, 0.25) is 0 Å². The number of nitrogens with zero attached hydrogens (tertiary/aromatic N) is 4. The van der Waals surface area contributed by atoms with Crippen LogP contribution in [0.4, 0.5) is 11.9 Å². The lowest BCUT2D eigenvalue weighted by Gasteiger charge is -2.23. The average molecular weight is 566 g/mol. The molecule has 2 aliphatic rings. The Bertz CT molecular complexity index is 907. The zero-order valence-corrected chi connectivity index (χ0v) is 21.8. The fourth-order valence-corrected chi connectivity index (χ4v) is 5.43. The molecule has 1 aliphatic heterocycles. The molecule has 180 valence electrons. The Morgan fingerprint density at radius 2 is 1.82 bits per heavy atom. The molecule has 2 heterocycles. The van der Waals surface area contributed by atoms with Crippen molar-refractivity contribution in [2.45, 2.75) is 70.4 Å². The van der Waals surface area contributed by atoms with Crippen LogP contribution in [0.25, 0.3) is 0 Å². The van der Waals surface area contributed by atoms with Gasteiger partial charge in [-0.1, -0.05) is 32.6 Å². The van der Waals surface area contributed by atoms with Crippen LogP contribution in [0.15, 0.2) is 18.2 Å².